The smallest absolute Gasteiger partial charge is 0.274 e. The Morgan fingerprint density at radius 3 is 2.56 bits per heavy atom. The van der Waals surface area contributed by atoms with Crippen LogP contribution in [0, 0.1) is 12.8 Å². The number of piperazine rings is 1. The van der Waals surface area contributed by atoms with Gasteiger partial charge in [0.05, 0.1) is 11.9 Å². The van der Waals surface area contributed by atoms with Crippen LogP contribution in [0.1, 0.15) is 42.9 Å². The van der Waals surface area contributed by atoms with Gasteiger partial charge in [-0.3, -0.25) is 19.5 Å². The minimum absolute atomic E-state index is 0.103. The molecule has 0 saturated carbocycles. The third-order valence-corrected chi connectivity index (χ3v) is 5.16. The fourth-order valence-corrected chi connectivity index (χ4v) is 3.82. The first-order valence-electron chi connectivity index (χ1n) is 9.03. The Bertz CT molecular complexity index is 635. The molecule has 2 amide bonds. The molecule has 7 heteroatoms. The summed E-state index contributed by atoms with van der Waals surface area (Å²) in [5.41, 5.74) is 0.684. The molecule has 0 aliphatic carbocycles. The molecule has 2 aliphatic rings. The van der Waals surface area contributed by atoms with Crippen LogP contribution in [-0.4, -0.2) is 69.8 Å². The van der Waals surface area contributed by atoms with Crippen molar-refractivity contribution in [3.8, 4) is 0 Å². The molecule has 1 aromatic heterocycles. The van der Waals surface area contributed by atoms with E-state index < -0.39 is 5.54 Å². The van der Waals surface area contributed by atoms with Crippen LogP contribution < -0.4 is 5.32 Å². The molecule has 1 spiro atoms. The van der Waals surface area contributed by atoms with Gasteiger partial charge in [-0.05, 0) is 25.7 Å². The summed E-state index contributed by atoms with van der Waals surface area (Å²) in [6.45, 7) is 9.81. The number of likely N-dealkylation sites (tertiary alicyclic amines) is 1. The molecule has 1 N–H and O–H groups in total. The number of aryl methyl sites for hydroxylation is 1. The van der Waals surface area contributed by atoms with Crippen LogP contribution in [0.15, 0.2) is 12.4 Å². The van der Waals surface area contributed by atoms with Crippen molar-refractivity contribution < 1.29 is 9.59 Å². The minimum Gasteiger partial charge on any atom is -0.353 e. The number of piperidine rings is 1. The number of carbonyl (C=O) groups is 2. The van der Waals surface area contributed by atoms with Crippen LogP contribution >= 0.6 is 0 Å². The summed E-state index contributed by atoms with van der Waals surface area (Å²) in [6, 6.07) is 0. The van der Waals surface area contributed by atoms with E-state index in [9.17, 15) is 9.59 Å². The van der Waals surface area contributed by atoms with E-state index >= 15 is 0 Å². The summed E-state index contributed by atoms with van der Waals surface area (Å²) in [5.74, 6) is 0.515. The van der Waals surface area contributed by atoms with E-state index in [1.165, 1.54) is 6.20 Å². The Labute approximate surface area is 148 Å². The zero-order valence-electron chi connectivity index (χ0n) is 15.3. The van der Waals surface area contributed by atoms with Crippen molar-refractivity contribution in [3.05, 3.63) is 23.8 Å². The van der Waals surface area contributed by atoms with Crippen LogP contribution in [0.5, 0.6) is 0 Å². The lowest BCUT2D eigenvalue weighted by atomic mass is 9.82. The van der Waals surface area contributed by atoms with E-state index in [1.807, 2.05) is 6.92 Å². The number of nitrogens with zero attached hydrogens (tertiary/aromatic N) is 4. The Balaban J connectivity index is 1.71. The van der Waals surface area contributed by atoms with Crippen LogP contribution in [-0.2, 0) is 4.79 Å². The van der Waals surface area contributed by atoms with Crippen molar-refractivity contribution in [2.75, 3.05) is 32.7 Å². The van der Waals surface area contributed by atoms with Crippen LogP contribution in [0.2, 0.25) is 0 Å². The lowest BCUT2D eigenvalue weighted by Gasteiger charge is -2.50. The summed E-state index contributed by atoms with van der Waals surface area (Å²) in [6.07, 6.45) is 4.46. The zero-order valence-corrected chi connectivity index (χ0v) is 15.3. The van der Waals surface area contributed by atoms with Gasteiger partial charge in [0.2, 0.25) is 5.91 Å². The number of nitrogens with one attached hydrogen (secondary N) is 1. The van der Waals surface area contributed by atoms with Gasteiger partial charge in [-0.25, -0.2) is 4.98 Å². The molecule has 136 valence electrons. The molecular weight excluding hydrogens is 318 g/mol. The molecule has 0 unspecified atom stereocenters. The fourth-order valence-electron chi connectivity index (χ4n) is 3.82. The highest BCUT2D eigenvalue weighted by Crippen LogP contribution is 2.32. The molecule has 2 saturated heterocycles. The summed E-state index contributed by atoms with van der Waals surface area (Å²) in [4.78, 5) is 37.8. The maximum atomic E-state index is 12.7. The highest BCUT2D eigenvalue weighted by Gasteiger charge is 2.48. The Morgan fingerprint density at radius 1 is 1.24 bits per heavy atom. The van der Waals surface area contributed by atoms with Crippen LogP contribution in [0.4, 0.5) is 0 Å². The molecule has 3 rings (SSSR count). The monoisotopic (exact) mass is 345 g/mol. The minimum atomic E-state index is -0.474. The molecule has 0 aromatic carbocycles. The molecule has 3 heterocycles. The van der Waals surface area contributed by atoms with Gasteiger partial charge in [0.25, 0.3) is 5.91 Å². The second kappa shape index (κ2) is 7.07. The normalized spacial score (nSPS) is 20.8. The first-order chi connectivity index (χ1) is 11.9. The number of hydrogen-bond donors (Lipinski definition) is 1. The predicted octanol–water partition coefficient (Wildman–Crippen LogP) is 0.848. The largest absolute Gasteiger partial charge is 0.353 e. The summed E-state index contributed by atoms with van der Waals surface area (Å²) in [5, 5.41) is 3.02. The zero-order chi connectivity index (χ0) is 18.0. The molecule has 0 bridgehead atoms. The second-order valence-corrected chi connectivity index (χ2v) is 7.46. The van der Waals surface area contributed by atoms with Gasteiger partial charge in [-0.1, -0.05) is 13.8 Å². The van der Waals surface area contributed by atoms with Crippen molar-refractivity contribution in [1.82, 2.24) is 25.1 Å². The first-order valence-corrected chi connectivity index (χ1v) is 9.03. The average molecular weight is 345 g/mol. The molecular formula is C18H27N5O2. The standard InChI is InChI=1S/C18H27N5O2/c1-13(2)12-23-9-6-19-17(25)18(23)4-7-22(8-5-18)16(24)15-11-20-14(3)10-21-15/h10-11,13H,4-9,12H2,1-3H3,(H,19,25). The maximum absolute atomic E-state index is 12.7. The van der Waals surface area contributed by atoms with E-state index in [-0.39, 0.29) is 11.8 Å². The third-order valence-electron chi connectivity index (χ3n) is 5.16. The van der Waals surface area contributed by atoms with Gasteiger partial charge in [-0.2, -0.15) is 0 Å². The van der Waals surface area contributed by atoms with Gasteiger partial charge >= 0.3 is 0 Å². The molecule has 2 fully saturated rings. The predicted molar refractivity (Wildman–Crippen MR) is 94.1 cm³/mol. The number of rotatable bonds is 3. The number of hydrogen-bond acceptors (Lipinski definition) is 5. The van der Waals surface area contributed by atoms with E-state index in [1.54, 1.807) is 11.1 Å². The summed E-state index contributed by atoms with van der Waals surface area (Å²) >= 11 is 0. The molecule has 1 aromatic rings. The SMILES string of the molecule is Cc1cnc(C(=O)N2CCC3(CC2)C(=O)NCCN3CC(C)C)cn1. The average Bonchev–Trinajstić information content (AvgIpc) is 2.59. The molecule has 25 heavy (non-hydrogen) atoms. The fraction of sp³-hybridized carbons (Fsp3) is 0.667. The highest BCUT2D eigenvalue weighted by atomic mass is 16.2. The Morgan fingerprint density at radius 2 is 1.96 bits per heavy atom. The van der Waals surface area contributed by atoms with E-state index in [0.29, 0.717) is 44.1 Å². The maximum Gasteiger partial charge on any atom is 0.274 e. The molecule has 2 aliphatic heterocycles. The van der Waals surface area contributed by atoms with E-state index in [2.05, 4.69) is 34.0 Å². The highest BCUT2D eigenvalue weighted by molar-refractivity contribution is 5.93. The topological polar surface area (TPSA) is 78.4 Å². The van der Waals surface area contributed by atoms with Crippen molar-refractivity contribution in [2.24, 2.45) is 5.92 Å². The second-order valence-electron chi connectivity index (χ2n) is 7.46. The quantitative estimate of drug-likeness (QED) is 0.879. The van der Waals surface area contributed by atoms with Crippen molar-refractivity contribution in [3.63, 3.8) is 0 Å². The number of aromatic nitrogens is 2. The van der Waals surface area contributed by atoms with Gasteiger partial charge < -0.3 is 10.2 Å². The van der Waals surface area contributed by atoms with Crippen molar-refractivity contribution in [1.29, 1.82) is 0 Å². The number of amides is 2. The summed E-state index contributed by atoms with van der Waals surface area (Å²) in [7, 11) is 0. The van der Waals surface area contributed by atoms with Crippen LogP contribution in [0.25, 0.3) is 0 Å². The van der Waals surface area contributed by atoms with Crippen LogP contribution in [0.3, 0.4) is 0 Å². The van der Waals surface area contributed by atoms with Gasteiger partial charge in [0.1, 0.15) is 11.2 Å². The lowest BCUT2D eigenvalue weighted by molar-refractivity contribution is -0.141. The number of carbonyl (C=O) groups excluding carboxylic acids is 2. The van der Waals surface area contributed by atoms with Gasteiger partial charge in [0.15, 0.2) is 0 Å². The van der Waals surface area contributed by atoms with E-state index in [0.717, 1.165) is 18.8 Å². The van der Waals surface area contributed by atoms with Gasteiger partial charge in [-0.15, -0.1) is 0 Å². The molecule has 0 atom stereocenters. The lowest BCUT2D eigenvalue weighted by Crippen LogP contribution is -2.68. The van der Waals surface area contributed by atoms with Crippen molar-refractivity contribution >= 4 is 11.8 Å². The summed E-state index contributed by atoms with van der Waals surface area (Å²) < 4.78 is 0. The third kappa shape index (κ3) is 3.51. The Kier molecular flexibility index (Phi) is 5.03. The van der Waals surface area contributed by atoms with Gasteiger partial charge in [0, 0.05) is 38.9 Å². The molecule has 0 radical (unpaired) electrons. The Hall–Kier alpha value is -2.02. The molecule has 7 nitrogen and oxygen atoms in total. The van der Waals surface area contributed by atoms with Crippen molar-refractivity contribution in [2.45, 2.75) is 39.2 Å². The first kappa shape index (κ1) is 17.8. The van der Waals surface area contributed by atoms with E-state index in [4.69, 9.17) is 0 Å².